The summed E-state index contributed by atoms with van der Waals surface area (Å²) in [6.07, 6.45) is 0. The molecular weight excluding hydrogens is 472 g/mol. The van der Waals surface area contributed by atoms with E-state index in [1.54, 1.807) is 35.2 Å². The van der Waals surface area contributed by atoms with Gasteiger partial charge in [0.1, 0.15) is 0 Å². The Morgan fingerprint density at radius 2 is 1.48 bits per heavy atom. The molecule has 132 valence electrons. The number of rotatable bonds is 3. The standard InChI is InChI=1S/C17H16Br2N2O3S/c18-13-5-7-14(8-6-13)25(23,24)21-11-9-20(10-12-21)17(22)15-3-1-2-4-16(15)19/h1-8H,9-12H2. The predicted octanol–water partition coefficient (Wildman–Crippen LogP) is 3.36. The van der Waals surface area contributed by atoms with Gasteiger partial charge in [-0.25, -0.2) is 8.42 Å². The largest absolute Gasteiger partial charge is 0.336 e. The molecule has 1 aliphatic rings. The van der Waals surface area contributed by atoms with Gasteiger partial charge in [0, 0.05) is 35.1 Å². The minimum absolute atomic E-state index is 0.0897. The molecule has 0 bridgehead atoms. The zero-order valence-electron chi connectivity index (χ0n) is 13.2. The number of amides is 1. The van der Waals surface area contributed by atoms with Crippen molar-refractivity contribution in [1.29, 1.82) is 0 Å². The molecule has 0 atom stereocenters. The van der Waals surface area contributed by atoms with Crippen molar-refractivity contribution in [2.45, 2.75) is 4.90 Å². The number of nitrogens with zero attached hydrogens (tertiary/aromatic N) is 2. The lowest BCUT2D eigenvalue weighted by Crippen LogP contribution is -2.50. The summed E-state index contributed by atoms with van der Waals surface area (Å²) < 4.78 is 28.4. The van der Waals surface area contributed by atoms with Gasteiger partial charge in [0.05, 0.1) is 10.5 Å². The lowest BCUT2D eigenvalue weighted by molar-refractivity contribution is 0.0697. The molecule has 0 aromatic heterocycles. The monoisotopic (exact) mass is 486 g/mol. The highest BCUT2D eigenvalue weighted by Crippen LogP contribution is 2.22. The van der Waals surface area contributed by atoms with Crippen LogP contribution < -0.4 is 0 Å². The van der Waals surface area contributed by atoms with Crippen LogP contribution in [0.4, 0.5) is 0 Å². The number of sulfonamides is 1. The van der Waals surface area contributed by atoms with E-state index >= 15 is 0 Å². The van der Waals surface area contributed by atoms with Crippen LogP contribution in [0.1, 0.15) is 10.4 Å². The maximum absolute atomic E-state index is 12.7. The van der Waals surface area contributed by atoms with E-state index in [2.05, 4.69) is 31.9 Å². The molecule has 1 aliphatic heterocycles. The van der Waals surface area contributed by atoms with E-state index in [-0.39, 0.29) is 23.9 Å². The summed E-state index contributed by atoms with van der Waals surface area (Å²) >= 11 is 6.69. The van der Waals surface area contributed by atoms with Gasteiger partial charge >= 0.3 is 0 Å². The molecule has 5 nitrogen and oxygen atoms in total. The molecule has 2 aromatic carbocycles. The third-order valence-corrected chi connectivity index (χ3v) is 7.21. The molecule has 0 radical (unpaired) electrons. The van der Waals surface area contributed by atoms with E-state index < -0.39 is 10.0 Å². The average Bonchev–Trinajstić information content (AvgIpc) is 2.62. The third-order valence-electron chi connectivity index (χ3n) is 4.08. The molecule has 3 rings (SSSR count). The van der Waals surface area contributed by atoms with E-state index in [0.717, 1.165) is 8.95 Å². The number of hydrogen-bond donors (Lipinski definition) is 0. The van der Waals surface area contributed by atoms with Gasteiger partial charge in [-0.2, -0.15) is 4.31 Å². The maximum Gasteiger partial charge on any atom is 0.255 e. The minimum atomic E-state index is -3.54. The van der Waals surface area contributed by atoms with Crippen LogP contribution in [-0.4, -0.2) is 49.7 Å². The maximum atomic E-state index is 12.7. The second-order valence-electron chi connectivity index (χ2n) is 5.63. The summed E-state index contributed by atoms with van der Waals surface area (Å²) in [6.45, 7) is 1.31. The summed E-state index contributed by atoms with van der Waals surface area (Å²) in [6, 6.07) is 13.8. The van der Waals surface area contributed by atoms with Crippen molar-refractivity contribution in [3.05, 3.63) is 63.0 Å². The third kappa shape index (κ3) is 3.97. The van der Waals surface area contributed by atoms with Crippen LogP contribution in [0.25, 0.3) is 0 Å². The Kier molecular flexibility index (Phi) is 5.62. The Hall–Kier alpha value is -1.22. The van der Waals surface area contributed by atoms with Crippen LogP contribution in [0.3, 0.4) is 0 Å². The van der Waals surface area contributed by atoms with Crippen LogP contribution in [0.2, 0.25) is 0 Å². The fourth-order valence-electron chi connectivity index (χ4n) is 2.69. The fraction of sp³-hybridized carbons (Fsp3) is 0.235. The summed E-state index contributed by atoms with van der Waals surface area (Å²) in [5, 5.41) is 0. The Balaban J connectivity index is 1.70. The second kappa shape index (κ2) is 7.57. The number of hydrogen-bond acceptors (Lipinski definition) is 3. The van der Waals surface area contributed by atoms with E-state index in [0.29, 0.717) is 18.7 Å². The van der Waals surface area contributed by atoms with Crippen molar-refractivity contribution in [2.24, 2.45) is 0 Å². The van der Waals surface area contributed by atoms with Gasteiger partial charge in [-0.1, -0.05) is 28.1 Å². The average molecular weight is 488 g/mol. The lowest BCUT2D eigenvalue weighted by Gasteiger charge is -2.34. The fourth-order valence-corrected chi connectivity index (χ4v) is 4.83. The normalized spacial score (nSPS) is 16.0. The molecule has 0 saturated carbocycles. The Labute approximate surface area is 163 Å². The van der Waals surface area contributed by atoms with Crippen LogP contribution >= 0.6 is 31.9 Å². The summed E-state index contributed by atoms with van der Waals surface area (Å²) in [4.78, 5) is 14.6. The summed E-state index contributed by atoms with van der Waals surface area (Å²) in [5.74, 6) is -0.0897. The van der Waals surface area contributed by atoms with Gasteiger partial charge in [-0.15, -0.1) is 0 Å². The molecule has 0 N–H and O–H groups in total. The van der Waals surface area contributed by atoms with E-state index in [1.165, 1.54) is 4.31 Å². The molecule has 0 unspecified atom stereocenters. The van der Waals surface area contributed by atoms with Crippen LogP contribution in [-0.2, 0) is 10.0 Å². The lowest BCUT2D eigenvalue weighted by atomic mass is 10.2. The number of piperazine rings is 1. The molecule has 1 saturated heterocycles. The van der Waals surface area contributed by atoms with Crippen LogP contribution in [0.15, 0.2) is 62.4 Å². The number of carbonyl (C=O) groups is 1. The van der Waals surface area contributed by atoms with Crippen molar-refractivity contribution in [2.75, 3.05) is 26.2 Å². The molecule has 1 heterocycles. The van der Waals surface area contributed by atoms with E-state index in [9.17, 15) is 13.2 Å². The molecule has 0 spiro atoms. The highest BCUT2D eigenvalue weighted by atomic mass is 79.9. The topological polar surface area (TPSA) is 57.7 Å². The smallest absolute Gasteiger partial charge is 0.255 e. The van der Waals surface area contributed by atoms with Crippen molar-refractivity contribution < 1.29 is 13.2 Å². The van der Waals surface area contributed by atoms with Gasteiger partial charge in [-0.05, 0) is 52.3 Å². The van der Waals surface area contributed by atoms with Crippen LogP contribution in [0.5, 0.6) is 0 Å². The van der Waals surface area contributed by atoms with Gasteiger partial charge < -0.3 is 4.90 Å². The number of benzene rings is 2. The van der Waals surface area contributed by atoms with Gasteiger partial charge in [0.2, 0.25) is 10.0 Å². The number of carbonyl (C=O) groups excluding carboxylic acids is 1. The molecule has 25 heavy (non-hydrogen) atoms. The van der Waals surface area contributed by atoms with E-state index in [1.807, 2.05) is 18.2 Å². The first-order chi connectivity index (χ1) is 11.9. The van der Waals surface area contributed by atoms with Crippen molar-refractivity contribution in [3.63, 3.8) is 0 Å². The molecule has 1 amide bonds. The second-order valence-corrected chi connectivity index (χ2v) is 9.34. The highest BCUT2D eigenvalue weighted by Gasteiger charge is 2.30. The Morgan fingerprint density at radius 1 is 0.880 bits per heavy atom. The summed E-state index contributed by atoms with van der Waals surface area (Å²) in [5.41, 5.74) is 0.590. The first-order valence-electron chi connectivity index (χ1n) is 7.69. The van der Waals surface area contributed by atoms with Gasteiger partial charge in [0.25, 0.3) is 5.91 Å². The first-order valence-corrected chi connectivity index (χ1v) is 10.7. The zero-order valence-corrected chi connectivity index (χ0v) is 17.2. The van der Waals surface area contributed by atoms with Crippen molar-refractivity contribution in [3.8, 4) is 0 Å². The predicted molar refractivity (Wildman–Crippen MR) is 103 cm³/mol. The van der Waals surface area contributed by atoms with Crippen molar-refractivity contribution >= 4 is 47.8 Å². The Morgan fingerprint density at radius 3 is 2.08 bits per heavy atom. The molecule has 0 aliphatic carbocycles. The zero-order chi connectivity index (χ0) is 18.0. The van der Waals surface area contributed by atoms with Crippen LogP contribution in [0, 0.1) is 0 Å². The minimum Gasteiger partial charge on any atom is -0.336 e. The van der Waals surface area contributed by atoms with E-state index in [4.69, 9.17) is 0 Å². The van der Waals surface area contributed by atoms with Crippen molar-refractivity contribution in [1.82, 2.24) is 9.21 Å². The SMILES string of the molecule is O=C(c1ccccc1Br)N1CCN(S(=O)(=O)c2ccc(Br)cc2)CC1. The molecule has 1 fully saturated rings. The molecule has 8 heteroatoms. The first kappa shape index (κ1) is 18.6. The highest BCUT2D eigenvalue weighted by molar-refractivity contribution is 9.10. The van der Waals surface area contributed by atoms with Gasteiger partial charge in [-0.3, -0.25) is 4.79 Å². The quantitative estimate of drug-likeness (QED) is 0.667. The van der Waals surface area contributed by atoms with Gasteiger partial charge in [0.15, 0.2) is 0 Å². The number of halogens is 2. The Bertz CT molecular complexity index is 877. The molecular formula is C17H16Br2N2O3S. The molecule has 2 aromatic rings. The summed E-state index contributed by atoms with van der Waals surface area (Å²) in [7, 11) is -3.54.